The number of hydrogen-bond acceptors (Lipinski definition) is 6. The second kappa shape index (κ2) is 12.2. The molecule has 8 nitrogen and oxygen atoms in total. The van der Waals surface area contributed by atoms with Crippen LogP contribution in [0.25, 0.3) is 0 Å². The lowest BCUT2D eigenvalue weighted by Gasteiger charge is -2.56. The van der Waals surface area contributed by atoms with Gasteiger partial charge in [0.2, 0.25) is 0 Å². The fourth-order valence-electron chi connectivity index (χ4n) is 9.91. The van der Waals surface area contributed by atoms with E-state index in [1.165, 1.54) is 49.5 Å². The maximum atomic E-state index is 11.7. The van der Waals surface area contributed by atoms with Gasteiger partial charge in [0.05, 0.1) is 0 Å². The van der Waals surface area contributed by atoms with Gasteiger partial charge in [0, 0.05) is 5.56 Å². The zero-order chi connectivity index (χ0) is 33.9. The van der Waals surface area contributed by atoms with Gasteiger partial charge in [0.1, 0.15) is 11.5 Å². The Morgan fingerprint density at radius 2 is 1.50 bits per heavy atom. The van der Waals surface area contributed by atoms with Gasteiger partial charge in [-0.25, -0.2) is 0 Å². The van der Waals surface area contributed by atoms with Crippen molar-refractivity contribution >= 4 is 20.8 Å². The average molecular weight is 679 g/mol. The van der Waals surface area contributed by atoms with Crippen molar-refractivity contribution in [3.63, 3.8) is 0 Å². The molecule has 0 aliphatic heterocycles. The molecule has 0 saturated heterocycles. The summed E-state index contributed by atoms with van der Waals surface area (Å²) >= 11 is 0. The van der Waals surface area contributed by atoms with Crippen molar-refractivity contribution in [2.75, 3.05) is 0 Å². The van der Waals surface area contributed by atoms with Crippen molar-refractivity contribution in [2.24, 2.45) is 45.3 Å². The third kappa shape index (κ3) is 6.96. The van der Waals surface area contributed by atoms with Crippen LogP contribution in [0.2, 0.25) is 0 Å². The molecule has 10 heteroatoms. The van der Waals surface area contributed by atoms with Crippen LogP contribution < -0.4 is 8.37 Å². The van der Waals surface area contributed by atoms with E-state index < -0.39 is 20.8 Å². The highest BCUT2D eigenvalue weighted by Gasteiger charge is 2.52. The van der Waals surface area contributed by atoms with Crippen molar-refractivity contribution < 1.29 is 34.3 Å². The van der Waals surface area contributed by atoms with E-state index in [1.54, 1.807) is 5.57 Å². The molecular weight excluding hydrogens is 625 g/mol. The fraction of sp³-hybridized carbons (Fsp3) is 0.722. The second-order valence-electron chi connectivity index (χ2n) is 16.4. The Morgan fingerprint density at radius 1 is 0.804 bits per heavy atom. The molecule has 0 unspecified atom stereocenters. The van der Waals surface area contributed by atoms with Crippen LogP contribution in [0.15, 0.2) is 41.5 Å². The third-order valence-electron chi connectivity index (χ3n) is 13.2. The molecule has 2 N–H and O–H groups in total. The lowest BCUT2D eigenvalue weighted by molar-refractivity contribution is 0.0437. The normalized spacial score (nSPS) is 36.1. The van der Waals surface area contributed by atoms with Gasteiger partial charge in [-0.05, 0) is 128 Å². The van der Waals surface area contributed by atoms with Crippen molar-refractivity contribution in [3.8, 4) is 11.5 Å². The predicted molar refractivity (Wildman–Crippen MR) is 180 cm³/mol. The maximum Gasteiger partial charge on any atom is 0.446 e. The molecule has 4 aliphatic carbocycles. The molecule has 0 amide bonds. The highest BCUT2D eigenvalue weighted by molar-refractivity contribution is 7.81. The monoisotopic (exact) mass is 678 g/mol. The van der Waals surface area contributed by atoms with Gasteiger partial charge in [-0.2, -0.15) is 16.8 Å². The molecule has 1 aromatic carbocycles. The van der Waals surface area contributed by atoms with Gasteiger partial charge in [0.25, 0.3) is 0 Å². The smallest absolute Gasteiger partial charge is 0.362 e. The molecule has 0 spiro atoms. The van der Waals surface area contributed by atoms with Crippen LogP contribution in [0, 0.1) is 45.3 Å². The van der Waals surface area contributed by atoms with Crippen molar-refractivity contribution in [1.82, 2.24) is 0 Å². The Morgan fingerprint density at radius 3 is 2.17 bits per heavy atom. The van der Waals surface area contributed by atoms with E-state index in [0.29, 0.717) is 29.2 Å². The molecular formula is C36H54O8S2. The SMILES string of the molecule is C[C@@H]1CC=C2[C@H](CCC[C@]2(C)CC[C@@]2(C)C3=CCCC(C)(C)[C@@H]3CC[C@@H]2C)[C@]1(C)Cc1cc(OS(=O)(=O)O)ccc1OS(=O)(=O)O. The van der Waals surface area contributed by atoms with Crippen LogP contribution in [-0.4, -0.2) is 25.9 Å². The summed E-state index contributed by atoms with van der Waals surface area (Å²) in [6.45, 7) is 16.8. The quantitative estimate of drug-likeness (QED) is 0.196. The van der Waals surface area contributed by atoms with Crippen molar-refractivity contribution in [2.45, 2.75) is 119 Å². The Balaban J connectivity index is 1.45. The first kappa shape index (κ1) is 35.4. The molecule has 0 bridgehead atoms. The third-order valence-corrected chi connectivity index (χ3v) is 14.0. The summed E-state index contributed by atoms with van der Waals surface area (Å²) in [6.07, 6.45) is 16.8. The molecule has 0 heterocycles. The molecule has 7 atom stereocenters. The molecule has 0 aromatic heterocycles. The molecule has 1 aromatic rings. The number of rotatable bonds is 9. The summed E-state index contributed by atoms with van der Waals surface area (Å²) in [5, 5.41) is 0. The average Bonchev–Trinajstić information content (AvgIpc) is 2.92. The number of allylic oxidation sites excluding steroid dienone is 4. The fourth-order valence-corrected chi connectivity index (χ4v) is 10.6. The van der Waals surface area contributed by atoms with E-state index in [-0.39, 0.29) is 39.6 Å². The lowest BCUT2D eigenvalue weighted by atomic mass is 9.48. The second-order valence-corrected chi connectivity index (χ2v) is 18.5. The van der Waals surface area contributed by atoms with Crippen molar-refractivity contribution in [1.29, 1.82) is 0 Å². The van der Waals surface area contributed by atoms with Gasteiger partial charge in [-0.15, -0.1) is 0 Å². The van der Waals surface area contributed by atoms with Gasteiger partial charge >= 0.3 is 20.8 Å². The van der Waals surface area contributed by atoms with Gasteiger partial charge in [-0.3, -0.25) is 9.11 Å². The number of hydrogen-bond donors (Lipinski definition) is 2. The Labute approximate surface area is 277 Å². The van der Waals surface area contributed by atoms with E-state index in [0.717, 1.165) is 38.5 Å². The van der Waals surface area contributed by atoms with Crippen molar-refractivity contribution in [3.05, 3.63) is 47.1 Å². The first-order valence-electron chi connectivity index (χ1n) is 17.0. The summed E-state index contributed by atoms with van der Waals surface area (Å²) in [5.74, 6) is 1.51. The summed E-state index contributed by atoms with van der Waals surface area (Å²) in [5.41, 5.74) is 3.82. The Bertz CT molecular complexity index is 1610. The topological polar surface area (TPSA) is 127 Å². The minimum absolute atomic E-state index is 0.0361. The van der Waals surface area contributed by atoms with Gasteiger partial charge in [0.15, 0.2) is 0 Å². The zero-order valence-corrected chi connectivity index (χ0v) is 30.3. The highest BCUT2D eigenvalue weighted by Crippen LogP contribution is 2.62. The van der Waals surface area contributed by atoms with E-state index in [1.807, 2.05) is 0 Å². The Hall–Kier alpha value is -1.88. The first-order chi connectivity index (χ1) is 21.2. The molecule has 5 rings (SSSR count). The maximum absolute atomic E-state index is 11.7. The summed E-state index contributed by atoms with van der Waals surface area (Å²) in [4.78, 5) is 0. The zero-order valence-electron chi connectivity index (χ0n) is 28.6. The van der Waals surface area contributed by atoms with Crippen LogP contribution in [0.4, 0.5) is 0 Å². The molecule has 2 saturated carbocycles. The number of fused-ring (bicyclic) bond motifs is 2. The van der Waals surface area contributed by atoms with Crippen LogP contribution in [0.1, 0.15) is 118 Å². The minimum Gasteiger partial charge on any atom is -0.362 e. The standard InChI is InChI=1S/C36H54O8S2/c1-24-12-15-28-30(10-8-18-33(28,3)4)35(24,6)21-20-34(5)19-9-11-31-29(34)16-13-25(2)36(31,7)23-26-22-27(43-45(37,38)39)14-17-32(26)44-46(40,41)42/h10,14,16-17,22,24-25,28,31H,8-9,11-13,15,18-21,23H2,1-7H3,(H,37,38,39)(H,40,41,42)/t24-,25+,28+,31-,34+,35+,36+/m0/s1. The molecule has 258 valence electrons. The molecule has 46 heavy (non-hydrogen) atoms. The molecule has 4 aliphatic rings. The van der Waals surface area contributed by atoms with Crippen LogP contribution in [-0.2, 0) is 27.2 Å². The molecule has 2 fully saturated rings. The van der Waals surface area contributed by atoms with Crippen LogP contribution in [0.3, 0.4) is 0 Å². The van der Waals surface area contributed by atoms with Gasteiger partial charge < -0.3 is 8.37 Å². The summed E-state index contributed by atoms with van der Waals surface area (Å²) in [6, 6.07) is 3.82. The molecule has 0 radical (unpaired) electrons. The van der Waals surface area contributed by atoms with Gasteiger partial charge in [-0.1, -0.05) is 78.2 Å². The summed E-state index contributed by atoms with van der Waals surface area (Å²) < 4.78 is 74.9. The van der Waals surface area contributed by atoms with Crippen LogP contribution in [0.5, 0.6) is 11.5 Å². The minimum atomic E-state index is -4.83. The van der Waals surface area contributed by atoms with Crippen LogP contribution >= 0.6 is 0 Å². The van der Waals surface area contributed by atoms with E-state index in [2.05, 4.69) is 60.6 Å². The number of benzene rings is 1. The van der Waals surface area contributed by atoms with E-state index in [4.69, 9.17) is 8.37 Å². The summed E-state index contributed by atoms with van der Waals surface area (Å²) in [7, 11) is -9.63. The lowest BCUT2D eigenvalue weighted by Crippen LogP contribution is -2.47. The predicted octanol–water partition coefficient (Wildman–Crippen LogP) is 8.95. The first-order valence-corrected chi connectivity index (χ1v) is 19.8. The Kier molecular flexibility index (Phi) is 9.41. The largest absolute Gasteiger partial charge is 0.446 e. The highest BCUT2D eigenvalue weighted by atomic mass is 32.3. The van der Waals surface area contributed by atoms with E-state index in [9.17, 15) is 25.9 Å². The van der Waals surface area contributed by atoms with E-state index >= 15 is 0 Å².